The Morgan fingerprint density at radius 2 is 2.07 bits per heavy atom. The van der Waals surface area contributed by atoms with Crippen molar-refractivity contribution in [2.24, 2.45) is 5.92 Å². The van der Waals surface area contributed by atoms with Crippen molar-refractivity contribution >= 4 is 5.97 Å². The van der Waals surface area contributed by atoms with Gasteiger partial charge in [0.15, 0.2) is 6.61 Å². The van der Waals surface area contributed by atoms with Gasteiger partial charge in [0.1, 0.15) is 0 Å². The van der Waals surface area contributed by atoms with Gasteiger partial charge >= 0.3 is 5.97 Å². The first-order chi connectivity index (χ1) is 6.31. The van der Waals surface area contributed by atoms with E-state index in [2.05, 4.69) is 0 Å². The van der Waals surface area contributed by atoms with Crippen LogP contribution in [0.4, 0.5) is 0 Å². The van der Waals surface area contributed by atoms with Crippen LogP contribution in [0.2, 0.25) is 0 Å². The van der Waals surface area contributed by atoms with Crippen LogP contribution in [0.25, 0.3) is 0 Å². The van der Waals surface area contributed by atoms with Crippen molar-refractivity contribution in [1.29, 1.82) is 0 Å². The summed E-state index contributed by atoms with van der Waals surface area (Å²) in [6.45, 7) is 6.28. The molecule has 5 nitrogen and oxygen atoms in total. The molecule has 0 amide bonds. The zero-order valence-electron chi connectivity index (χ0n) is 9.07. The highest BCUT2D eigenvalue weighted by molar-refractivity contribution is 5.71. The number of carbonyl (C=O) groups excluding carboxylic acids is 1. The Bertz CT molecular complexity index is 225. The number of rotatable bonds is 5. The molecule has 0 aromatic rings. The van der Waals surface area contributed by atoms with Crippen LogP contribution in [0.5, 0.6) is 0 Å². The SMILES string of the molecule is CCC(C)C(=O)OCC(C)(C)[N+](=O)[O-]. The molecule has 0 aromatic heterocycles. The number of nitrogens with zero attached hydrogens (tertiary/aromatic N) is 1. The van der Waals surface area contributed by atoms with Crippen LogP contribution in [0.1, 0.15) is 34.1 Å². The second-order valence-corrected chi connectivity index (χ2v) is 3.99. The largest absolute Gasteiger partial charge is 0.458 e. The highest BCUT2D eigenvalue weighted by Crippen LogP contribution is 2.10. The molecule has 0 aliphatic carbocycles. The molecule has 0 aliphatic heterocycles. The lowest BCUT2D eigenvalue weighted by Gasteiger charge is -2.16. The predicted molar refractivity (Wildman–Crippen MR) is 51.5 cm³/mol. The Morgan fingerprint density at radius 1 is 1.57 bits per heavy atom. The monoisotopic (exact) mass is 203 g/mol. The first-order valence-corrected chi connectivity index (χ1v) is 4.62. The average Bonchev–Trinajstić information content (AvgIpc) is 2.12. The molecule has 0 spiro atoms. The van der Waals surface area contributed by atoms with E-state index < -0.39 is 10.5 Å². The fourth-order valence-corrected chi connectivity index (χ4v) is 0.609. The molecule has 0 aromatic carbocycles. The summed E-state index contributed by atoms with van der Waals surface area (Å²) in [7, 11) is 0. The lowest BCUT2D eigenvalue weighted by atomic mass is 10.1. The van der Waals surface area contributed by atoms with E-state index >= 15 is 0 Å². The van der Waals surface area contributed by atoms with Gasteiger partial charge in [0.2, 0.25) is 5.54 Å². The highest BCUT2D eigenvalue weighted by Gasteiger charge is 2.33. The molecule has 1 atom stereocenters. The summed E-state index contributed by atoms with van der Waals surface area (Å²) < 4.78 is 4.84. The second-order valence-electron chi connectivity index (χ2n) is 3.99. The Hall–Kier alpha value is -1.13. The van der Waals surface area contributed by atoms with Gasteiger partial charge in [-0.05, 0) is 6.42 Å². The van der Waals surface area contributed by atoms with Crippen molar-refractivity contribution in [3.8, 4) is 0 Å². The topological polar surface area (TPSA) is 69.4 Å². The Kier molecular flexibility index (Phi) is 4.53. The minimum Gasteiger partial charge on any atom is -0.458 e. The van der Waals surface area contributed by atoms with E-state index in [9.17, 15) is 14.9 Å². The smallest absolute Gasteiger partial charge is 0.308 e. The Morgan fingerprint density at radius 3 is 2.43 bits per heavy atom. The molecular formula is C9H17NO4. The molecule has 0 saturated carbocycles. The molecule has 5 heteroatoms. The highest BCUT2D eigenvalue weighted by atomic mass is 16.6. The zero-order valence-corrected chi connectivity index (χ0v) is 9.07. The van der Waals surface area contributed by atoms with E-state index in [1.54, 1.807) is 6.92 Å². The third-order valence-electron chi connectivity index (χ3n) is 2.08. The van der Waals surface area contributed by atoms with Crippen LogP contribution in [-0.4, -0.2) is 23.0 Å². The van der Waals surface area contributed by atoms with Crippen molar-refractivity contribution in [1.82, 2.24) is 0 Å². The third kappa shape index (κ3) is 3.72. The number of carbonyl (C=O) groups is 1. The summed E-state index contributed by atoms with van der Waals surface area (Å²) in [5.74, 6) is -0.569. The van der Waals surface area contributed by atoms with Crippen molar-refractivity contribution in [3.63, 3.8) is 0 Å². The number of nitro groups is 1. The maximum absolute atomic E-state index is 11.2. The molecule has 1 unspecified atom stereocenters. The molecule has 82 valence electrons. The van der Waals surface area contributed by atoms with Crippen LogP contribution >= 0.6 is 0 Å². The first kappa shape index (κ1) is 12.9. The van der Waals surface area contributed by atoms with Gasteiger partial charge in [-0.25, -0.2) is 0 Å². The minimum absolute atomic E-state index is 0.177. The van der Waals surface area contributed by atoms with Crippen LogP contribution in [0.3, 0.4) is 0 Å². The molecule has 0 radical (unpaired) electrons. The van der Waals surface area contributed by atoms with E-state index in [-0.39, 0.29) is 18.5 Å². The molecule has 0 fully saturated rings. The van der Waals surface area contributed by atoms with Gasteiger partial charge in [-0.2, -0.15) is 0 Å². The lowest BCUT2D eigenvalue weighted by Crippen LogP contribution is -2.37. The van der Waals surface area contributed by atoms with Gasteiger partial charge < -0.3 is 4.74 Å². The van der Waals surface area contributed by atoms with E-state index in [0.29, 0.717) is 6.42 Å². The Labute approximate surface area is 83.6 Å². The normalized spacial score (nSPS) is 13.4. The standard InChI is InChI=1S/C9H17NO4/c1-5-7(2)8(11)14-6-9(3,4)10(12)13/h7H,5-6H2,1-4H3. The van der Waals surface area contributed by atoms with Crippen LogP contribution in [0, 0.1) is 16.0 Å². The summed E-state index contributed by atoms with van der Waals surface area (Å²) in [6, 6.07) is 0. The number of hydrogen-bond donors (Lipinski definition) is 0. The zero-order chi connectivity index (χ0) is 11.4. The molecular weight excluding hydrogens is 186 g/mol. The summed E-state index contributed by atoms with van der Waals surface area (Å²) in [4.78, 5) is 21.2. The molecule has 0 heterocycles. The van der Waals surface area contributed by atoms with Crippen LogP contribution in [0.15, 0.2) is 0 Å². The van der Waals surface area contributed by atoms with Gasteiger partial charge in [-0.3, -0.25) is 14.9 Å². The number of esters is 1. The van der Waals surface area contributed by atoms with Crippen LogP contribution < -0.4 is 0 Å². The fraction of sp³-hybridized carbons (Fsp3) is 0.889. The number of ether oxygens (including phenoxy) is 1. The van der Waals surface area contributed by atoms with Crippen molar-refractivity contribution in [2.75, 3.05) is 6.61 Å². The molecule has 0 aliphatic rings. The molecule has 0 bridgehead atoms. The number of hydrogen-bond acceptors (Lipinski definition) is 4. The van der Waals surface area contributed by atoms with Crippen molar-refractivity contribution < 1.29 is 14.5 Å². The van der Waals surface area contributed by atoms with Crippen molar-refractivity contribution in [2.45, 2.75) is 39.7 Å². The van der Waals surface area contributed by atoms with E-state index in [1.807, 2.05) is 6.92 Å². The summed E-state index contributed by atoms with van der Waals surface area (Å²) in [5.41, 5.74) is -1.21. The summed E-state index contributed by atoms with van der Waals surface area (Å²) >= 11 is 0. The van der Waals surface area contributed by atoms with Gasteiger partial charge in [0.25, 0.3) is 0 Å². The van der Waals surface area contributed by atoms with Crippen molar-refractivity contribution in [3.05, 3.63) is 10.1 Å². The third-order valence-corrected chi connectivity index (χ3v) is 2.08. The quantitative estimate of drug-likeness (QED) is 0.387. The summed E-state index contributed by atoms with van der Waals surface area (Å²) in [6.07, 6.45) is 0.678. The second kappa shape index (κ2) is 4.93. The fourth-order valence-electron chi connectivity index (χ4n) is 0.609. The first-order valence-electron chi connectivity index (χ1n) is 4.62. The predicted octanol–water partition coefficient (Wildman–Crippen LogP) is 1.63. The van der Waals surface area contributed by atoms with Crippen LogP contribution in [-0.2, 0) is 9.53 Å². The average molecular weight is 203 g/mol. The van der Waals surface area contributed by atoms with Gasteiger partial charge in [0, 0.05) is 18.8 Å². The Balaban J connectivity index is 4.06. The van der Waals surface area contributed by atoms with E-state index in [1.165, 1.54) is 13.8 Å². The minimum atomic E-state index is -1.21. The van der Waals surface area contributed by atoms with Gasteiger partial charge in [-0.15, -0.1) is 0 Å². The molecule has 14 heavy (non-hydrogen) atoms. The molecule has 0 N–H and O–H groups in total. The summed E-state index contributed by atoms with van der Waals surface area (Å²) in [5, 5.41) is 10.5. The lowest BCUT2D eigenvalue weighted by molar-refractivity contribution is -0.563. The molecule has 0 rings (SSSR count). The van der Waals surface area contributed by atoms with Gasteiger partial charge in [0.05, 0.1) is 5.92 Å². The maximum atomic E-state index is 11.2. The van der Waals surface area contributed by atoms with Gasteiger partial charge in [-0.1, -0.05) is 13.8 Å². The molecule has 0 saturated heterocycles. The van der Waals surface area contributed by atoms with E-state index in [0.717, 1.165) is 0 Å². The van der Waals surface area contributed by atoms with E-state index in [4.69, 9.17) is 4.74 Å². The maximum Gasteiger partial charge on any atom is 0.308 e.